The van der Waals surface area contributed by atoms with Crippen molar-refractivity contribution in [2.24, 2.45) is 0 Å². The zero-order valence-electron chi connectivity index (χ0n) is 11.0. The SMILES string of the molecule is Cc1ccnc(NCCN2CCOCC2)c1[N+](=O)[O-]. The number of anilines is 1. The first-order valence-corrected chi connectivity index (χ1v) is 6.32. The Morgan fingerprint density at radius 1 is 1.53 bits per heavy atom. The van der Waals surface area contributed by atoms with E-state index in [2.05, 4.69) is 15.2 Å². The Balaban J connectivity index is 1.92. The molecule has 7 heteroatoms. The molecule has 7 nitrogen and oxygen atoms in total. The summed E-state index contributed by atoms with van der Waals surface area (Å²) in [7, 11) is 0. The van der Waals surface area contributed by atoms with Gasteiger partial charge in [-0.1, -0.05) is 0 Å². The lowest BCUT2D eigenvalue weighted by atomic mass is 10.2. The van der Waals surface area contributed by atoms with Gasteiger partial charge in [0.2, 0.25) is 5.82 Å². The third-order valence-electron chi connectivity index (χ3n) is 3.13. The molecule has 0 spiro atoms. The summed E-state index contributed by atoms with van der Waals surface area (Å²) in [5, 5.41) is 14.1. The fourth-order valence-corrected chi connectivity index (χ4v) is 2.07. The predicted molar refractivity (Wildman–Crippen MR) is 71.4 cm³/mol. The number of morpholine rings is 1. The second-order valence-electron chi connectivity index (χ2n) is 4.46. The largest absolute Gasteiger partial charge is 0.379 e. The highest BCUT2D eigenvalue weighted by Crippen LogP contribution is 2.25. The molecule has 1 aliphatic rings. The average Bonchev–Trinajstić information content (AvgIpc) is 2.39. The van der Waals surface area contributed by atoms with E-state index in [1.54, 1.807) is 19.2 Å². The van der Waals surface area contributed by atoms with Crippen LogP contribution in [0.25, 0.3) is 0 Å². The first kappa shape index (κ1) is 13.7. The summed E-state index contributed by atoms with van der Waals surface area (Å²) >= 11 is 0. The van der Waals surface area contributed by atoms with Gasteiger partial charge in [-0.05, 0) is 13.0 Å². The molecule has 1 fully saturated rings. The van der Waals surface area contributed by atoms with Gasteiger partial charge in [-0.2, -0.15) is 0 Å². The first-order valence-electron chi connectivity index (χ1n) is 6.32. The molecule has 0 aliphatic carbocycles. The Labute approximate surface area is 111 Å². The van der Waals surface area contributed by atoms with Crippen LogP contribution in [0.3, 0.4) is 0 Å². The van der Waals surface area contributed by atoms with E-state index in [1.165, 1.54) is 0 Å². The maximum absolute atomic E-state index is 11.0. The van der Waals surface area contributed by atoms with Gasteiger partial charge in [0.15, 0.2) is 0 Å². The third kappa shape index (κ3) is 3.62. The number of nitrogens with one attached hydrogen (secondary N) is 1. The highest BCUT2D eigenvalue weighted by Gasteiger charge is 2.18. The zero-order chi connectivity index (χ0) is 13.7. The summed E-state index contributed by atoms with van der Waals surface area (Å²) in [4.78, 5) is 16.9. The quantitative estimate of drug-likeness (QED) is 0.633. The Bertz CT molecular complexity index is 447. The van der Waals surface area contributed by atoms with Crippen molar-refractivity contribution < 1.29 is 9.66 Å². The molecule has 0 aromatic carbocycles. The number of nitrogens with zero attached hydrogens (tertiary/aromatic N) is 3. The topological polar surface area (TPSA) is 80.5 Å². The van der Waals surface area contributed by atoms with Crippen molar-refractivity contribution >= 4 is 11.5 Å². The molecule has 19 heavy (non-hydrogen) atoms. The molecule has 2 heterocycles. The second kappa shape index (κ2) is 6.44. The van der Waals surface area contributed by atoms with E-state index in [9.17, 15) is 10.1 Å². The molecule has 1 saturated heterocycles. The minimum atomic E-state index is -0.389. The Morgan fingerprint density at radius 2 is 2.26 bits per heavy atom. The van der Waals surface area contributed by atoms with Gasteiger partial charge in [-0.3, -0.25) is 15.0 Å². The average molecular weight is 266 g/mol. The molecular formula is C12H18N4O3. The molecule has 1 aliphatic heterocycles. The van der Waals surface area contributed by atoms with Crippen LogP contribution in [-0.4, -0.2) is 54.2 Å². The van der Waals surface area contributed by atoms with E-state index in [-0.39, 0.29) is 10.6 Å². The van der Waals surface area contributed by atoms with Crippen molar-refractivity contribution in [3.05, 3.63) is 27.9 Å². The maximum atomic E-state index is 11.0. The van der Waals surface area contributed by atoms with Gasteiger partial charge >= 0.3 is 5.69 Å². The number of aryl methyl sites for hydroxylation is 1. The minimum Gasteiger partial charge on any atom is -0.379 e. The van der Waals surface area contributed by atoms with Crippen LogP contribution in [0.2, 0.25) is 0 Å². The highest BCUT2D eigenvalue weighted by atomic mass is 16.6. The smallest absolute Gasteiger partial charge is 0.314 e. The van der Waals surface area contributed by atoms with Crippen molar-refractivity contribution in [3.8, 4) is 0 Å². The predicted octanol–water partition coefficient (Wildman–Crippen LogP) is 1.04. The van der Waals surface area contributed by atoms with E-state index >= 15 is 0 Å². The van der Waals surface area contributed by atoms with Crippen molar-refractivity contribution in [2.45, 2.75) is 6.92 Å². The minimum absolute atomic E-state index is 0.0597. The molecule has 1 N–H and O–H groups in total. The maximum Gasteiger partial charge on any atom is 0.314 e. The summed E-state index contributed by atoms with van der Waals surface area (Å²) in [5.41, 5.74) is 0.679. The van der Waals surface area contributed by atoms with Crippen molar-refractivity contribution in [1.29, 1.82) is 0 Å². The summed E-state index contributed by atoms with van der Waals surface area (Å²) in [6, 6.07) is 1.64. The van der Waals surface area contributed by atoms with Gasteiger partial charge in [0.1, 0.15) is 0 Å². The number of pyridine rings is 1. The lowest BCUT2D eigenvalue weighted by Gasteiger charge is -2.26. The van der Waals surface area contributed by atoms with Crippen molar-refractivity contribution in [1.82, 2.24) is 9.88 Å². The molecule has 0 atom stereocenters. The number of hydrogen-bond acceptors (Lipinski definition) is 6. The number of nitro groups is 1. The first-order chi connectivity index (χ1) is 9.18. The molecule has 0 unspecified atom stereocenters. The number of ether oxygens (including phenoxy) is 1. The summed E-state index contributed by atoms with van der Waals surface area (Å²) in [6.45, 7) is 6.50. The van der Waals surface area contributed by atoms with E-state index in [4.69, 9.17) is 4.74 Å². The van der Waals surface area contributed by atoms with Crippen LogP contribution in [0.5, 0.6) is 0 Å². The zero-order valence-corrected chi connectivity index (χ0v) is 11.0. The second-order valence-corrected chi connectivity index (χ2v) is 4.46. The lowest BCUT2D eigenvalue weighted by molar-refractivity contribution is -0.384. The molecule has 0 radical (unpaired) electrons. The Morgan fingerprint density at radius 3 is 2.95 bits per heavy atom. The summed E-state index contributed by atoms with van der Waals surface area (Å²) < 4.78 is 5.27. The summed E-state index contributed by atoms with van der Waals surface area (Å²) in [5.74, 6) is 0.346. The lowest BCUT2D eigenvalue weighted by Crippen LogP contribution is -2.39. The van der Waals surface area contributed by atoms with Gasteiger partial charge in [-0.25, -0.2) is 4.98 Å². The highest BCUT2D eigenvalue weighted by molar-refractivity contribution is 5.59. The standard InChI is InChI=1S/C12H18N4O3/c1-10-2-3-13-12(11(10)16(17)18)14-4-5-15-6-8-19-9-7-15/h2-3H,4-9H2,1H3,(H,13,14). The van der Waals surface area contributed by atoms with Crippen LogP contribution in [0.15, 0.2) is 12.3 Å². The monoisotopic (exact) mass is 266 g/mol. The van der Waals surface area contributed by atoms with Gasteiger partial charge in [0.25, 0.3) is 0 Å². The van der Waals surface area contributed by atoms with Crippen molar-refractivity contribution in [2.75, 3.05) is 44.7 Å². The van der Waals surface area contributed by atoms with Gasteiger partial charge in [-0.15, -0.1) is 0 Å². The molecule has 0 bridgehead atoms. The summed E-state index contributed by atoms with van der Waals surface area (Å²) in [6.07, 6.45) is 1.58. The molecule has 1 aromatic heterocycles. The fourth-order valence-electron chi connectivity index (χ4n) is 2.07. The Kier molecular flexibility index (Phi) is 4.64. The molecule has 1 aromatic rings. The van der Waals surface area contributed by atoms with E-state index in [0.29, 0.717) is 17.9 Å². The molecule has 0 saturated carbocycles. The number of rotatable bonds is 5. The molecule has 0 amide bonds. The van der Waals surface area contributed by atoms with Crippen LogP contribution >= 0.6 is 0 Å². The molecular weight excluding hydrogens is 248 g/mol. The molecule has 2 rings (SSSR count). The van der Waals surface area contributed by atoms with E-state index in [1.807, 2.05) is 0 Å². The fraction of sp³-hybridized carbons (Fsp3) is 0.583. The van der Waals surface area contributed by atoms with E-state index in [0.717, 1.165) is 32.8 Å². The Hall–Kier alpha value is -1.73. The van der Waals surface area contributed by atoms with Crippen LogP contribution in [0.4, 0.5) is 11.5 Å². The normalized spacial score (nSPS) is 16.3. The number of aromatic nitrogens is 1. The van der Waals surface area contributed by atoms with Crippen LogP contribution in [-0.2, 0) is 4.74 Å². The van der Waals surface area contributed by atoms with Gasteiger partial charge in [0, 0.05) is 37.9 Å². The van der Waals surface area contributed by atoms with Crippen LogP contribution < -0.4 is 5.32 Å². The van der Waals surface area contributed by atoms with Crippen LogP contribution in [0.1, 0.15) is 5.56 Å². The van der Waals surface area contributed by atoms with Crippen LogP contribution in [0, 0.1) is 17.0 Å². The van der Waals surface area contributed by atoms with Gasteiger partial charge in [0.05, 0.1) is 18.1 Å². The third-order valence-corrected chi connectivity index (χ3v) is 3.13. The number of hydrogen-bond donors (Lipinski definition) is 1. The van der Waals surface area contributed by atoms with E-state index < -0.39 is 0 Å². The van der Waals surface area contributed by atoms with Crippen molar-refractivity contribution in [3.63, 3.8) is 0 Å². The molecule has 104 valence electrons. The van der Waals surface area contributed by atoms with Gasteiger partial charge < -0.3 is 10.1 Å².